The lowest BCUT2D eigenvalue weighted by Crippen LogP contribution is -2.57. The number of unbranched alkanes of at least 4 members (excludes halogenated alkanes) is 1. The van der Waals surface area contributed by atoms with E-state index in [1.54, 1.807) is 13.8 Å². The summed E-state index contributed by atoms with van der Waals surface area (Å²) in [5.41, 5.74) is 15.7. The lowest BCUT2D eigenvalue weighted by molar-refractivity contribution is -0.143. The van der Waals surface area contributed by atoms with Gasteiger partial charge in [-0.3, -0.25) is 19.2 Å². The minimum atomic E-state index is -1.52. The van der Waals surface area contributed by atoms with Crippen molar-refractivity contribution < 1.29 is 29.1 Å². The summed E-state index contributed by atoms with van der Waals surface area (Å²) in [5, 5.41) is 16.4. The molecule has 0 fully saturated rings. The molecule has 0 aromatic heterocycles. The number of hydrogen-bond donors (Lipinski definition) is 7. The lowest BCUT2D eigenvalue weighted by Gasteiger charge is -2.26. The molecule has 0 aromatic carbocycles. The number of carboxylic acid groups (broad SMARTS) is 1. The van der Waals surface area contributed by atoms with Gasteiger partial charge in [-0.05, 0) is 31.7 Å². The monoisotopic (exact) mass is 416 g/mol. The third kappa shape index (κ3) is 10.4. The molecule has 4 amide bonds. The number of primary amides is 1. The Balaban J connectivity index is 5.33. The molecule has 0 saturated carbocycles. The number of carbonyl (C=O) groups excluding carboxylic acids is 4. The molecule has 0 aliphatic rings. The van der Waals surface area contributed by atoms with Gasteiger partial charge in [0, 0.05) is 0 Å². The first kappa shape index (κ1) is 26.3. The molecule has 0 bridgehead atoms. The van der Waals surface area contributed by atoms with E-state index in [2.05, 4.69) is 16.0 Å². The SMILES string of the molecule is CC(C)C(NC(=O)CN)C(=O)NC(CCCCN)C(=O)NC(CC(N)=O)C(=O)O. The van der Waals surface area contributed by atoms with Crippen LogP contribution in [0.25, 0.3) is 0 Å². The zero-order valence-corrected chi connectivity index (χ0v) is 16.8. The summed E-state index contributed by atoms with van der Waals surface area (Å²) in [6, 6.07) is -3.54. The van der Waals surface area contributed by atoms with E-state index in [4.69, 9.17) is 22.3 Å². The predicted octanol–water partition coefficient (Wildman–Crippen LogP) is -2.86. The Morgan fingerprint density at radius 2 is 1.48 bits per heavy atom. The molecule has 166 valence electrons. The lowest BCUT2D eigenvalue weighted by atomic mass is 10.0. The summed E-state index contributed by atoms with van der Waals surface area (Å²) in [6.45, 7) is 3.49. The number of rotatable bonds is 14. The maximum absolute atomic E-state index is 12.6. The van der Waals surface area contributed by atoms with Crippen LogP contribution in [0.2, 0.25) is 0 Å². The maximum Gasteiger partial charge on any atom is 0.326 e. The van der Waals surface area contributed by atoms with Crippen molar-refractivity contribution in [3.8, 4) is 0 Å². The summed E-state index contributed by atoms with van der Waals surface area (Å²) in [4.78, 5) is 59.0. The second-order valence-electron chi connectivity index (χ2n) is 6.91. The van der Waals surface area contributed by atoms with Crippen LogP contribution in [-0.4, -0.2) is 65.9 Å². The van der Waals surface area contributed by atoms with Gasteiger partial charge in [0.15, 0.2) is 0 Å². The fourth-order valence-corrected chi connectivity index (χ4v) is 2.46. The molecule has 0 rings (SSSR count). The van der Waals surface area contributed by atoms with Gasteiger partial charge in [-0.1, -0.05) is 13.8 Å². The molecule has 3 unspecified atom stereocenters. The summed E-state index contributed by atoms with van der Waals surface area (Å²) >= 11 is 0. The molecular weight excluding hydrogens is 384 g/mol. The molecular formula is C17H32N6O6. The van der Waals surface area contributed by atoms with Gasteiger partial charge in [0.05, 0.1) is 13.0 Å². The van der Waals surface area contributed by atoms with Crippen molar-refractivity contribution in [2.45, 2.75) is 57.7 Å². The number of hydrogen-bond acceptors (Lipinski definition) is 7. The number of nitrogens with one attached hydrogen (secondary N) is 3. The number of carboxylic acids is 1. The maximum atomic E-state index is 12.6. The molecule has 12 heteroatoms. The Bertz CT molecular complexity index is 597. The molecule has 0 spiro atoms. The van der Waals surface area contributed by atoms with Crippen LogP contribution in [0.1, 0.15) is 39.5 Å². The standard InChI is InChI=1S/C17H32N6O6/c1-9(2)14(23-13(25)8-19)16(27)21-10(5-3-4-6-18)15(26)22-11(17(28)29)7-12(20)24/h9-11,14H,3-8,18-19H2,1-2H3,(H2,20,24)(H,21,27)(H,22,26)(H,23,25)(H,28,29). The normalized spacial score (nSPS) is 13.8. The summed E-state index contributed by atoms with van der Waals surface area (Å²) in [5.74, 6) is -4.55. The zero-order chi connectivity index (χ0) is 22.6. The van der Waals surface area contributed by atoms with Crippen molar-refractivity contribution in [3.05, 3.63) is 0 Å². The predicted molar refractivity (Wildman–Crippen MR) is 104 cm³/mol. The first-order valence-corrected chi connectivity index (χ1v) is 9.34. The van der Waals surface area contributed by atoms with Gasteiger partial charge >= 0.3 is 5.97 Å². The third-order valence-electron chi connectivity index (χ3n) is 4.05. The molecule has 0 saturated heterocycles. The van der Waals surface area contributed by atoms with Crippen molar-refractivity contribution in [2.24, 2.45) is 23.1 Å². The quantitative estimate of drug-likeness (QED) is 0.146. The van der Waals surface area contributed by atoms with Crippen LogP contribution >= 0.6 is 0 Å². The van der Waals surface area contributed by atoms with Crippen molar-refractivity contribution in [1.82, 2.24) is 16.0 Å². The van der Waals surface area contributed by atoms with E-state index < -0.39 is 54.1 Å². The molecule has 12 nitrogen and oxygen atoms in total. The van der Waals surface area contributed by atoms with E-state index in [0.717, 1.165) is 0 Å². The highest BCUT2D eigenvalue weighted by atomic mass is 16.4. The van der Waals surface area contributed by atoms with E-state index in [1.165, 1.54) is 0 Å². The van der Waals surface area contributed by atoms with Crippen molar-refractivity contribution in [3.63, 3.8) is 0 Å². The van der Waals surface area contributed by atoms with Crippen LogP contribution in [-0.2, 0) is 24.0 Å². The first-order chi connectivity index (χ1) is 13.5. The number of nitrogens with two attached hydrogens (primary N) is 3. The van der Waals surface area contributed by atoms with E-state index in [-0.39, 0.29) is 18.9 Å². The van der Waals surface area contributed by atoms with Gasteiger partial charge in [0.1, 0.15) is 18.1 Å². The number of carbonyl (C=O) groups is 5. The molecule has 0 aliphatic heterocycles. The highest BCUT2D eigenvalue weighted by molar-refractivity contribution is 5.94. The minimum Gasteiger partial charge on any atom is -0.480 e. The van der Waals surface area contributed by atoms with Crippen molar-refractivity contribution >= 4 is 29.6 Å². The Labute approximate surface area is 169 Å². The Kier molecular flexibility index (Phi) is 12.2. The fourth-order valence-electron chi connectivity index (χ4n) is 2.46. The van der Waals surface area contributed by atoms with E-state index in [9.17, 15) is 24.0 Å². The van der Waals surface area contributed by atoms with Crippen LogP contribution in [0.15, 0.2) is 0 Å². The Hall–Kier alpha value is -2.73. The Morgan fingerprint density at radius 3 is 1.93 bits per heavy atom. The van der Waals surface area contributed by atoms with Crippen LogP contribution in [0.3, 0.4) is 0 Å². The molecule has 29 heavy (non-hydrogen) atoms. The summed E-state index contributed by atoms with van der Waals surface area (Å²) in [7, 11) is 0. The molecule has 10 N–H and O–H groups in total. The van der Waals surface area contributed by atoms with Crippen LogP contribution in [0, 0.1) is 5.92 Å². The van der Waals surface area contributed by atoms with Crippen LogP contribution in [0.4, 0.5) is 0 Å². The van der Waals surface area contributed by atoms with E-state index in [1.807, 2.05) is 0 Å². The van der Waals surface area contributed by atoms with Gasteiger partial charge in [-0.2, -0.15) is 0 Å². The van der Waals surface area contributed by atoms with Crippen LogP contribution in [0.5, 0.6) is 0 Å². The summed E-state index contributed by atoms with van der Waals surface area (Å²) < 4.78 is 0. The van der Waals surface area contributed by atoms with Crippen molar-refractivity contribution in [2.75, 3.05) is 13.1 Å². The van der Waals surface area contributed by atoms with Gasteiger partial charge < -0.3 is 38.3 Å². The van der Waals surface area contributed by atoms with Gasteiger partial charge in [-0.25, -0.2) is 4.79 Å². The van der Waals surface area contributed by atoms with E-state index in [0.29, 0.717) is 19.4 Å². The highest BCUT2D eigenvalue weighted by Gasteiger charge is 2.30. The average molecular weight is 416 g/mol. The van der Waals surface area contributed by atoms with Gasteiger partial charge in [-0.15, -0.1) is 0 Å². The highest BCUT2D eigenvalue weighted by Crippen LogP contribution is 2.07. The zero-order valence-electron chi connectivity index (χ0n) is 16.8. The molecule has 0 aromatic rings. The molecule has 0 heterocycles. The van der Waals surface area contributed by atoms with Crippen LogP contribution < -0.4 is 33.2 Å². The van der Waals surface area contributed by atoms with E-state index >= 15 is 0 Å². The smallest absolute Gasteiger partial charge is 0.326 e. The topological polar surface area (TPSA) is 220 Å². The largest absolute Gasteiger partial charge is 0.480 e. The second-order valence-corrected chi connectivity index (χ2v) is 6.91. The summed E-state index contributed by atoms with van der Waals surface area (Å²) in [6.07, 6.45) is 0.670. The minimum absolute atomic E-state index is 0.188. The third-order valence-corrected chi connectivity index (χ3v) is 4.05. The molecule has 0 aliphatic carbocycles. The fraction of sp³-hybridized carbons (Fsp3) is 0.706. The van der Waals surface area contributed by atoms with Gasteiger partial charge in [0.2, 0.25) is 23.6 Å². The first-order valence-electron chi connectivity index (χ1n) is 9.34. The number of amides is 4. The van der Waals surface area contributed by atoms with Gasteiger partial charge in [0.25, 0.3) is 0 Å². The average Bonchev–Trinajstić information content (AvgIpc) is 2.63. The molecule has 0 radical (unpaired) electrons. The second kappa shape index (κ2) is 13.4. The van der Waals surface area contributed by atoms with Crippen molar-refractivity contribution in [1.29, 1.82) is 0 Å². The number of aliphatic carboxylic acids is 1. The Morgan fingerprint density at radius 1 is 0.897 bits per heavy atom. The molecule has 3 atom stereocenters.